The summed E-state index contributed by atoms with van der Waals surface area (Å²) < 4.78 is 0. The number of aryl methyl sites for hydroxylation is 2. The summed E-state index contributed by atoms with van der Waals surface area (Å²) in [6, 6.07) is 12.9. The molecule has 3 nitrogen and oxygen atoms in total. The van der Waals surface area contributed by atoms with Crippen LogP contribution in [0.4, 0.5) is 0 Å². The Labute approximate surface area is 177 Å². The third-order valence-corrected chi connectivity index (χ3v) is 7.25. The summed E-state index contributed by atoms with van der Waals surface area (Å²) in [6.07, 6.45) is 3.93. The van der Waals surface area contributed by atoms with E-state index in [1.165, 1.54) is 40.6 Å². The highest BCUT2D eigenvalue weighted by Gasteiger charge is 2.17. The summed E-state index contributed by atoms with van der Waals surface area (Å²) in [5.74, 6) is 1.18. The van der Waals surface area contributed by atoms with Crippen LogP contribution in [-0.4, -0.2) is 27.7 Å². The predicted molar refractivity (Wildman–Crippen MR) is 118 cm³/mol. The van der Waals surface area contributed by atoms with Gasteiger partial charge in [0.15, 0.2) is 0 Å². The zero-order valence-corrected chi connectivity index (χ0v) is 18.5. The number of hydrogen-bond donors (Lipinski definition) is 1. The third-order valence-electron chi connectivity index (χ3n) is 4.96. The first-order chi connectivity index (χ1) is 13.4. The van der Waals surface area contributed by atoms with Gasteiger partial charge in [-0.05, 0) is 60.4 Å². The number of benzene rings is 1. The van der Waals surface area contributed by atoms with Crippen molar-refractivity contribution in [2.75, 3.05) is 11.5 Å². The Morgan fingerprint density at radius 2 is 1.79 bits per heavy atom. The summed E-state index contributed by atoms with van der Waals surface area (Å²) in [5, 5.41) is 20.6. The van der Waals surface area contributed by atoms with Gasteiger partial charge in [0.2, 0.25) is 0 Å². The van der Waals surface area contributed by atoms with Gasteiger partial charge in [0.25, 0.3) is 0 Å². The van der Waals surface area contributed by atoms with Crippen molar-refractivity contribution in [1.82, 2.24) is 4.98 Å². The fraction of sp³-hybridized carbons (Fsp3) is 0.478. The number of rotatable bonds is 6. The van der Waals surface area contributed by atoms with E-state index in [-0.39, 0.29) is 5.41 Å². The van der Waals surface area contributed by atoms with Crippen LogP contribution in [0.2, 0.25) is 0 Å². The van der Waals surface area contributed by atoms with Gasteiger partial charge in [0.1, 0.15) is 11.1 Å². The van der Waals surface area contributed by atoms with Crippen LogP contribution in [0.5, 0.6) is 0 Å². The average Bonchev–Trinajstić information content (AvgIpc) is 2.69. The molecule has 2 aromatic rings. The molecule has 0 aliphatic heterocycles. The molecule has 0 saturated carbocycles. The van der Waals surface area contributed by atoms with Gasteiger partial charge in [-0.1, -0.05) is 32.9 Å². The van der Waals surface area contributed by atoms with Crippen LogP contribution in [0.25, 0.3) is 0 Å². The second-order valence-corrected chi connectivity index (χ2v) is 10.4. The second-order valence-electron chi connectivity index (χ2n) is 8.32. The van der Waals surface area contributed by atoms with Crippen molar-refractivity contribution < 1.29 is 5.11 Å². The van der Waals surface area contributed by atoms with Crippen molar-refractivity contribution in [2.24, 2.45) is 0 Å². The molecule has 28 heavy (non-hydrogen) atoms. The van der Waals surface area contributed by atoms with Gasteiger partial charge in [-0.3, -0.25) is 0 Å². The van der Waals surface area contributed by atoms with Crippen molar-refractivity contribution in [1.29, 1.82) is 5.26 Å². The summed E-state index contributed by atoms with van der Waals surface area (Å²) in [6.45, 7) is 6.63. The van der Waals surface area contributed by atoms with E-state index < -0.39 is 6.10 Å². The first-order valence-corrected chi connectivity index (χ1v) is 11.8. The van der Waals surface area contributed by atoms with E-state index in [4.69, 9.17) is 4.98 Å². The monoisotopic (exact) mass is 412 g/mol. The van der Waals surface area contributed by atoms with E-state index in [1.807, 2.05) is 6.07 Å². The minimum absolute atomic E-state index is 0.152. The van der Waals surface area contributed by atoms with E-state index in [1.54, 1.807) is 11.8 Å². The van der Waals surface area contributed by atoms with Crippen LogP contribution in [-0.2, 0) is 18.3 Å². The molecule has 0 radical (unpaired) electrons. The minimum Gasteiger partial charge on any atom is -0.391 e. The summed E-state index contributed by atoms with van der Waals surface area (Å²) >= 11 is 3.16. The number of aromatic nitrogens is 1. The molecule has 1 aliphatic carbocycles. The molecule has 1 heterocycles. The molecule has 0 bridgehead atoms. The smallest absolute Gasteiger partial charge is 0.114 e. The largest absolute Gasteiger partial charge is 0.391 e. The van der Waals surface area contributed by atoms with Gasteiger partial charge < -0.3 is 5.11 Å². The fourth-order valence-corrected chi connectivity index (χ4v) is 5.15. The van der Waals surface area contributed by atoms with Gasteiger partial charge in [-0.2, -0.15) is 5.26 Å². The first kappa shape index (κ1) is 21.2. The van der Waals surface area contributed by atoms with Gasteiger partial charge in [-0.15, -0.1) is 23.5 Å². The molecule has 0 spiro atoms. The third kappa shape index (κ3) is 5.53. The summed E-state index contributed by atoms with van der Waals surface area (Å²) in [5.41, 5.74) is 4.47. The van der Waals surface area contributed by atoms with Gasteiger partial charge >= 0.3 is 0 Å². The van der Waals surface area contributed by atoms with Crippen molar-refractivity contribution >= 4 is 23.5 Å². The van der Waals surface area contributed by atoms with E-state index >= 15 is 0 Å². The van der Waals surface area contributed by atoms with Crippen LogP contribution in [0, 0.1) is 11.3 Å². The van der Waals surface area contributed by atoms with Crippen LogP contribution >= 0.6 is 23.5 Å². The number of aliphatic hydroxyl groups excluding tert-OH is 1. The Morgan fingerprint density at radius 1 is 1.11 bits per heavy atom. The second kappa shape index (κ2) is 9.35. The topological polar surface area (TPSA) is 56.9 Å². The molecule has 3 rings (SSSR count). The molecule has 148 valence electrons. The normalized spacial score (nSPS) is 15.0. The van der Waals surface area contributed by atoms with Crippen molar-refractivity contribution in [2.45, 2.75) is 67.9 Å². The molecule has 1 aromatic carbocycles. The maximum Gasteiger partial charge on any atom is 0.114 e. The van der Waals surface area contributed by atoms with Gasteiger partial charge in [0.05, 0.1) is 11.7 Å². The number of fused-ring (bicyclic) bond motifs is 1. The number of hydrogen-bond acceptors (Lipinski definition) is 5. The lowest BCUT2D eigenvalue weighted by molar-refractivity contribution is 0.225. The van der Waals surface area contributed by atoms with Crippen LogP contribution in [0.3, 0.4) is 0 Å². The molecule has 0 fully saturated rings. The molecular formula is C23H28N2OS2. The fourth-order valence-electron chi connectivity index (χ4n) is 3.27. The van der Waals surface area contributed by atoms with Gasteiger partial charge in [-0.25, -0.2) is 4.98 Å². The lowest BCUT2D eigenvalue weighted by Crippen LogP contribution is -2.14. The molecule has 0 saturated heterocycles. The van der Waals surface area contributed by atoms with Crippen molar-refractivity contribution in [3.8, 4) is 6.07 Å². The van der Waals surface area contributed by atoms with Crippen LogP contribution in [0.15, 0.2) is 40.3 Å². The van der Waals surface area contributed by atoms with Crippen molar-refractivity contribution in [3.63, 3.8) is 0 Å². The standard InChI is InChI=1S/C23H28N2OS2/c1-23(2,3)18-8-10-20(11-9-18)27-14-19(26)15-28-22-17(13-24)12-16-6-4-5-7-21(16)25-22/h8-12,19,26H,4-7,14-15H2,1-3H3/t19-/m1/s1. The highest BCUT2D eigenvalue weighted by atomic mass is 32.2. The maximum absolute atomic E-state index is 10.4. The summed E-state index contributed by atoms with van der Waals surface area (Å²) in [4.78, 5) is 5.90. The predicted octanol–water partition coefficient (Wildman–Crippen LogP) is 5.37. The van der Waals surface area contributed by atoms with Crippen LogP contribution < -0.4 is 0 Å². The molecule has 1 atom stereocenters. The number of nitrogens with zero attached hydrogens (tertiary/aromatic N) is 2. The van der Waals surface area contributed by atoms with E-state index in [0.717, 1.165) is 23.6 Å². The highest BCUT2D eigenvalue weighted by molar-refractivity contribution is 8.00. The Hall–Kier alpha value is -1.48. The Kier molecular flexibility index (Phi) is 7.09. The Balaban J connectivity index is 1.54. The Bertz CT molecular complexity index is 851. The molecule has 0 unspecified atom stereocenters. The average molecular weight is 413 g/mol. The number of nitriles is 1. The molecule has 5 heteroatoms. The minimum atomic E-state index is -0.443. The van der Waals surface area contributed by atoms with Gasteiger partial charge in [0, 0.05) is 22.1 Å². The van der Waals surface area contributed by atoms with Crippen molar-refractivity contribution in [3.05, 3.63) is 52.7 Å². The first-order valence-electron chi connectivity index (χ1n) is 9.84. The van der Waals surface area contributed by atoms with E-state index in [2.05, 4.69) is 51.1 Å². The van der Waals surface area contributed by atoms with E-state index in [0.29, 0.717) is 17.1 Å². The lowest BCUT2D eigenvalue weighted by atomic mass is 9.87. The quantitative estimate of drug-likeness (QED) is 0.646. The summed E-state index contributed by atoms with van der Waals surface area (Å²) in [7, 11) is 0. The zero-order chi connectivity index (χ0) is 20.1. The SMILES string of the molecule is CC(C)(C)c1ccc(SC[C@@H](O)CSc2nc3c(cc2C#N)CCCC3)cc1. The lowest BCUT2D eigenvalue weighted by Gasteiger charge is -2.19. The molecule has 1 aromatic heterocycles. The zero-order valence-electron chi connectivity index (χ0n) is 16.9. The number of pyridine rings is 1. The Morgan fingerprint density at radius 3 is 2.46 bits per heavy atom. The molecule has 1 N–H and O–H groups in total. The van der Waals surface area contributed by atoms with E-state index in [9.17, 15) is 10.4 Å². The highest BCUT2D eigenvalue weighted by Crippen LogP contribution is 2.29. The molecular weight excluding hydrogens is 384 g/mol. The number of aliphatic hydroxyl groups is 1. The molecule has 1 aliphatic rings. The maximum atomic E-state index is 10.4. The number of thioether (sulfide) groups is 2. The van der Waals surface area contributed by atoms with Crippen LogP contribution in [0.1, 0.15) is 56.0 Å². The molecule has 0 amide bonds.